The van der Waals surface area contributed by atoms with Crippen LogP contribution in [0.4, 0.5) is 0 Å². The van der Waals surface area contributed by atoms with Crippen molar-refractivity contribution in [2.24, 2.45) is 0 Å². The van der Waals surface area contributed by atoms with Gasteiger partial charge in [0.25, 0.3) is 5.91 Å². The van der Waals surface area contributed by atoms with Gasteiger partial charge in [-0.05, 0) is 53.5 Å². The standard InChI is InChI=1S/C14H17BrN2O3/c1-2-11-12(5-6-16-11)17-13(18)9-4-3-8(14(19)20)7-10(9)15/h3-4,7,11-12,16H,2,5-6H2,1H3,(H,17,18)(H,19,20)/t11-,12+/m0/s1. The summed E-state index contributed by atoms with van der Waals surface area (Å²) in [7, 11) is 0. The highest BCUT2D eigenvalue weighted by Gasteiger charge is 2.27. The molecule has 1 heterocycles. The van der Waals surface area contributed by atoms with Crippen molar-refractivity contribution in [2.45, 2.75) is 31.8 Å². The van der Waals surface area contributed by atoms with E-state index in [1.165, 1.54) is 18.2 Å². The van der Waals surface area contributed by atoms with E-state index in [4.69, 9.17) is 5.11 Å². The molecule has 2 atom stereocenters. The maximum absolute atomic E-state index is 12.2. The number of amides is 1. The van der Waals surface area contributed by atoms with Gasteiger partial charge in [-0.15, -0.1) is 0 Å². The van der Waals surface area contributed by atoms with Gasteiger partial charge in [0.2, 0.25) is 0 Å². The summed E-state index contributed by atoms with van der Waals surface area (Å²) in [6, 6.07) is 4.84. The average molecular weight is 341 g/mol. The molecule has 3 N–H and O–H groups in total. The highest BCUT2D eigenvalue weighted by atomic mass is 79.9. The van der Waals surface area contributed by atoms with Gasteiger partial charge in [0.15, 0.2) is 0 Å². The minimum Gasteiger partial charge on any atom is -0.478 e. The van der Waals surface area contributed by atoms with E-state index in [1.54, 1.807) is 0 Å². The first-order chi connectivity index (χ1) is 9.52. The summed E-state index contributed by atoms with van der Waals surface area (Å²) in [5.74, 6) is -1.19. The molecule has 1 fully saturated rings. The maximum Gasteiger partial charge on any atom is 0.335 e. The zero-order valence-electron chi connectivity index (χ0n) is 11.1. The zero-order valence-corrected chi connectivity index (χ0v) is 12.7. The van der Waals surface area contributed by atoms with Crippen molar-refractivity contribution in [1.82, 2.24) is 10.6 Å². The van der Waals surface area contributed by atoms with Crippen LogP contribution in [0.2, 0.25) is 0 Å². The molecule has 0 bridgehead atoms. The van der Waals surface area contributed by atoms with Crippen LogP contribution in [0.1, 0.15) is 40.5 Å². The number of carboxylic acids is 1. The van der Waals surface area contributed by atoms with Gasteiger partial charge >= 0.3 is 5.97 Å². The molecule has 0 saturated carbocycles. The number of carbonyl (C=O) groups excluding carboxylic acids is 1. The molecule has 2 rings (SSSR count). The third kappa shape index (κ3) is 3.19. The lowest BCUT2D eigenvalue weighted by Gasteiger charge is -2.19. The number of benzene rings is 1. The Kier molecular flexibility index (Phi) is 4.77. The summed E-state index contributed by atoms with van der Waals surface area (Å²) in [4.78, 5) is 23.1. The SMILES string of the molecule is CC[C@@H]1NCC[C@H]1NC(=O)c1ccc(C(=O)O)cc1Br. The molecule has 6 heteroatoms. The van der Waals surface area contributed by atoms with E-state index >= 15 is 0 Å². The molecular formula is C14H17BrN2O3. The van der Waals surface area contributed by atoms with Crippen molar-refractivity contribution in [3.8, 4) is 0 Å². The Morgan fingerprint density at radius 1 is 1.50 bits per heavy atom. The Balaban J connectivity index is 2.11. The monoisotopic (exact) mass is 340 g/mol. The topological polar surface area (TPSA) is 78.4 Å². The molecule has 1 aliphatic rings. The molecule has 0 spiro atoms. The summed E-state index contributed by atoms with van der Waals surface area (Å²) < 4.78 is 0.494. The van der Waals surface area contributed by atoms with Crippen molar-refractivity contribution in [2.75, 3.05) is 6.54 Å². The fourth-order valence-electron chi connectivity index (χ4n) is 2.45. The number of carboxylic acid groups (broad SMARTS) is 1. The van der Waals surface area contributed by atoms with E-state index in [-0.39, 0.29) is 17.5 Å². The van der Waals surface area contributed by atoms with Gasteiger partial charge < -0.3 is 15.7 Å². The van der Waals surface area contributed by atoms with Crippen LogP contribution in [0.3, 0.4) is 0 Å². The second-order valence-corrected chi connectivity index (χ2v) is 5.69. The van der Waals surface area contributed by atoms with E-state index in [0.717, 1.165) is 19.4 Å². The Morgan fingerprint density at radius 3 is 2.85 bits per heavy atom. The highest BCUT2D eigenvalue weighted by Crippen LogP contribution is 2.20. The molecule has 1 aromatic rings. The van der Waals surface area contributed by atoms with Crippen molar-refractivity contribution >= 4 is 27.8 Å². The zero-order chi connectivity index (χ0) is 14.7. The summed E-state index contributed by atoms with van der Waals surface area (Å²) >= 11 is 3.26. The van der Waals surface area contributed by atoms with Crippen LogP contribution in [-0.2, 0) is 0 Å². The van der Waals surface area contributed by atoms with E-state index in [1.807, 2.05) is 0 Å². The van der Waals surface area contributed by atoms with Crippen LogP contribution < -0.4 is 10.6 Å². The molecule has 0 radical (unpaired) electrons. The highest BCUT2D eigenvalue weighted by molar-refractivity contribution is 9.10. The van der Waals surface area contributed by atoms with Crippen molar-refractivity contribution in [3.63, 3.8) is 0 Å². The van der Waals surface area contributed by atoms with Crippen molar-refractivity contribution in [1.29, 1.82) is 0 Å². The number of rotatable bonds is 4. The Labute approximate surface area is 125 Å². The fraction of sp³-hybridized carbons (Fsp3) is 0.429. The molecule has 5 nitrogen and oxygen atoms in total. The quantitative estimate of drug-likeness (QED) is 0.783. The summed E-state index contributed by atoms with van der Waals surface area (Å²) in [6.07, 6.45) is 1.87. The van der Waals surface area contributed by atoms with Crippen molar-refractivity contribution in [3.05, 3.63) is 33.8 Å². The van der Waals surface area contributed by atoms with Crippen LogP contribution in [0.15, 0.2) is 22.7 Å². The second-order valence-electron chi connectivity index (χ2n) is 4.84. The van der Waals surface area contributed by atoms with Gasteiger partial charge in [0.05, 0.1) is 11.1 Å². The van der Waals surface area contributed by atoms with Gasteiger partial charge in [-0.25, -0.2) is 4.79 Å². The lowest BCUT2D eigenvalue weighted by Crippen LogP contribution is -2.43. The predicted molar refractivity (Wildman–Crippen MR) is 79.1 cm³/mol. The van der Waals surface area contributed by atoms with Gasteiger partial charge in [-0.1, -0.05) is 6.92 Å². The number of halogens is 1. The Morgan fingerprint density at radius 2 is 2.25 bits per heavy atom. The molecule has 1 aliphatic heterocycles. The van der Waals surface area contributed by atoms with Crippen LogP contribution in [0, 0.1) is 0 Å². The van der Waals surface area contributed by atoms with Crippen LogP contribution in [0.25, 0.3) is 0 Å². The van der Waals surface area contributed by atoms with E-state index in [0.29, 0.717) is 16.1 Å². The molecule has 20 heavy (non-hydrogen) atoms. The lowest BCUT2D eigenvalue weighted by molar-refractivity contribution is 0.0696. The second kappa shape index (κ2) is 6.37. The first-order valence-corrected chi connectivity index (χ1v) is 7.39. The average Bonchev–Trinajstić information content (AvgIpc) is 2.85. The molecule has 1 saturated heterocycles. The third-order valence-corrected chi connectivity index (χ3v) is 4.22. The van der Waals surface area contributed by atoms with E-state index < -0.39 is 5.97 Å². The Hall–Kier alpha value is -1.40. The van der Waals surface area contributed by atoms with Gasteiger partial charge in [0.1, 0.15) is 0 Å². The predicted octanol–water partition coefficient (Wildman–Crippen LogP) is 2.02. The molecule has 1 amide bonds. The third-order valence-electron chi connectivity index (χ3n) is 3.56. The van der Waals surface area contributed by atoms with Gasteiger partial charge in [-0.2, -0.15) is 0 Å². The number of carbonyl (C=O) groups is 2. The fourth-order valence-corrected chi connectivity index (χ4v) is 3.01. The first kappa shape index (κ1) is 15.0. The Bertz CT molecular complexity index is 533. The first-order valence-electron chi connectivity index (χ1n) is 6.60. The van der Waals surface area contributed by atoms with E-state index in [9.17, 15) is 9.59 Å². The smallest absolute Gasteiger partial charge is 0.335 e. The summed E-state index contributed by atoms with van der Waals surface area (Å²) in [6.45, 7) is 2.99. The molecule has 0 unspecified atom stereocenters. The number of hydrogen-bond acceptors (Lipinski definition) is 3. The number of nitrogens with one attached hydrogen (secondary N) is 2. The maximum atomic E-state index is 12.2. The molecular weight excluding hydrogens is 324 g/mol. The molecule has 0 aromatic heterocycles. The van der Waals surface area contributed by atoms with Crippen LogP contribution >= 0.6 is 15.9 Å². The summed E-state index contributed by atoms with van der Waals surface area (Å²) in [5, 5.41) is 15.3. The number of aromatic carboxylic acids is 1. The van der Waals surface area contributed by atoms with E-state index in [2.05, 4.69) is 33.5 Å². The molecule has 1 aromatic carbocycles. The minimum absolute atomic E-state index is 0.124. The lowest BCUT2D eigenvalue weighted by atomic mass is 10.1. The molecule has 108 valence electrons. The summed E-state index contributed by atoms with van der Waals surface area (Å²) in [5.41, 5.74) is 0.610. The largest absolute Gasteiger partial charge is 0.478 e. The normalized spacial score (nSPS) is 21.7. The van der Waals surface area contributed by atoms with Gasteiger partial charge in [-0.3, -0.25) is 4.79 Å². The number of hydrogen-bond donors (Lipinski definition) is 3. The van der Waals surface area contributed by atoms with Crippen LogP contribution in [-0.4, -0.2) is 35.6 Å². The van der Waals surface area contributed by atoms with Crippen LogP contribution in [0.5, 0.6) is 0 Å². The minimum atomic E-state index is -1.01. The van der Waals surface area contributed by atoms with Crippen molar-refractivity contribution < 1.29 is 14.7 Å². The molecule has 0 aliphatic carbocycles. The van der Waals surface area contributed by atoms with Gasteiger partial charge in [0, 0.05) is 16.6 Å².